The number of hydrogen-bond acceptors (Lipinski definition) is 6. The van der Waals surface area contributed by atoms with Crippen LogP contribution >= 0.6 is 45.2 Å². The zero-order chi connectivity index (χ0) is 17.0. The van der Waals surface area contributed by atoms with Crippen LogP contribution in [0.15, 0.2) is 58.3 Å². The van der Waals surface area contributed by atoms with Crippen LogP contribution in [0.25, 0.3) is 0 Å². The Morgan fingerprint density at radius 2 is 1.00 bits per heavy atom. The van der Waals surface area contributed by atoms with Crippen LogP contribution in [-0.2, 0) is 39.7 Å². The average molecular weight is 632 g/mol. The molecule has 0 aliphatic carbocycles. The van der Waals surface area contributed by atoms with Crippen molar-refractivity contribution in [2.45, 2.75) is 9.79 Å². The molecule has 11 heteroatoms. The molecule has 0 saturated carbocycles. The van der Waals surface area contributed by atoms with Gasteiger partial charge in [0.25, 0.3) is 0 Å². The molecule has 0 unspecified atom stereocenters. The van der Waals surface area contributed by atoms with E-state index >= 15 is 0 Å². The summed E-state index contributed by atoms with van der Waals surface area (Å²) in [4.78, 5) is -0.353. The van der Waals surface area contributed by atoms with Crippen LogP contribution in [-0.4, -0.2) is 25.9 Å². The van der Waals surface area contributed by atoms with Gasteiger partial charge in [-0.05, 0) is 81.6 Å². The minimum Gasteiger partial charge on any atom is -0.744 e. The standard InChI is InChI=1S/2C6H5IO3S.Zn/c2*7-5-2-1-3-6(4-5)11(8,9)10;/h2*1-4H,(H,8,9,10);/q;;+2/p-2. The van der Waals surface area contributed by atoms with Crippen molar-refractivity contribution in [1.29, 1.82) is 0 Å². The van der Waals surface area contributed by atoms with Crippen LogP contribution < -0.4 is 0 Å². The van der Waals surface area contributed by atoms with Crippen molar-refractivity contribution in [3.63, 3.8) is 0 Å². The SMILES string of the molecule is O=S(=O)([O-])c1cccc(I)c1.O=S(=O)([O-])c1cccc(I)c1.[Zn+2]. The van der Waals surface area contributed by atoms with Crippen molar-refractivity contribution < 1.29 is 45.4 Å². The third-order valence-corrected chi connectivity index (χ3v) is 5.17. The molecule has 0 aliphatic heterocycles. The van der Waals surface area contributed by atoms with Crippen LogP contribution in [0, 0.1) is 7.14 Å². The molecule has 0 fully saturated rings. The molecule has 0 amide bonds. The third-order valence-electron chi connectivity index (χ3n) is 2.17. The van der Waals surface area contributed by atoms with Gasteiger partial charge in [-0.1, -0.05) is 12.1 Å². The maximum Gasteiger partial charge on any atom is 2.00 e. The molecule has 0 radical (unpaired) electrons. The largest absolute Gasteiger partial charge is 2.00 e. The first-order valence-electron chi connectivity index (χ1n) is 5.43. The second-order valence-electron chi connectivity index (χ2n) is 3.82. The summed E-state index contributed by atoms with van der Waals surface area (Å²) in [6.07, 6.45) is 0. The predicted octanol–water partition coefficient (Wildman–Crippen LogP) is 2.39. The fourth-order valence-corrected chi connectivity index (χ4v) is 3.79. The average Bonchev–Trinajstić information content (AvgIpc) is 2.37. The summed E-state index contributed by atoms with van der Waals surface area (Å²) in [5, 5.41) is 0. The maximum atomic E-state index is 10.4. The van der Waals surface area contributed by atoms with Gasteiger partial charge in [-0.25, -0.2) is 16.8 Å². The van der Waals surface area contributed by atoms with Gasteiger partial charge in [0.2, 0.25) is 0 Å². The van der Waals surface area contributed by atoms with Gasteiger partial charge in [0.05, 0.1) is 9.79 Å². The molecule has 0 saturated heterocycles. The molecule has 0 heterocycles. The molecule has 0 aromatic heterocycles. The Balaban J connectivity index is 0.000000403. The Morgan fingerprint density at radius 1 is 0.696 bits per heavy atom. The smallest absolute Gasteiger partial charge is 0.744 e. The van der Waals surface area contributed by atoms with Crippen molar-refractivity contribution in [3.05, 3.63) is 55.7 Å². The number of halogens is 2. The molecule has 2 aromatic carbocycles. The molecule has 0 N–H and O–H groups in total. The van der Waals surface area contributed by atoms with E-state index in [4.69, 9.17) is 0 Å². The Hall–Kier alpha value is 0.343. The van der Waals surface area contributed by atoms with Crippen molar-refractivity contribution >= 4 is 65.4 Å². The minimum atomic E-state index is -4.28. The Bertz CT molecular complexity index is 795. The summed E-state index contributed by atoms with van der Waals surface area (Å²) >= 11 is 3.88. The number of benzene rings is 2. The van der Waals surface area contributed by atoms with Crippen LogP contribution in [0.1, 0.15) is 0 Å². The van der Waals surface area contributed by atoms with Gasteiger partial charge < -0.3 is 9.11 Å². The molecule has 0 aliphatic rings. The fraction of sp³-hybridized carbons (Fsp3) is 0. The summed E-state index contributed by atoms with van der Waals surface area (Å²) in [7, 11) is -8.56. The fourth-order valence-electron chi connectivity index (χ4n) is 1.25. The summed E-state index contributed by atoms with van der Waals surface area (Å²) < 4.78 is 64.0. The van der Waals surface area contributed by atoms with E-state index in [1.165, 1.54) is 36.4 Å². The van der Waals surface area contributed by atoms with Crippen LogP contribution in [0.5, 0.6) is 0 Å². The third kappa shape index (κ3) is 8.84. The van der Waals surface area contributed by atoms with Gasteiger partial charge in [-0.15, -0.1) is 0 Å². The van der Waals surface area contributed by atoms with Crippen molar-refractivity contribution in [1.82, 2.24) is 0 Å². The van der Waals surface area contributed by atoms with Gasteiger partial charge in [0, 0.05) is 7.14 Å². The van der Waals surface area contributed by atoms with E-state index in [0.717, 1.165) is 7.14 Å². The van der Waals surface area contributed by atoms with Gasteiger partial charge in [0.15, 0.2) is 0 Å². The molecular weight excluding hydrogens is 623 g/mol. The van der Waals surface area contributed by atoms with Crippen LogP contribution in [0.4, 0.5) is 0 Å². The normalized spacial score (nSPS) is 11.0. The first-order chi connectivity index (χ1) is 10.00. The van der Waals surface area contributed by atoms with Gasteiger partial charge in [-0.3, -0.25) is 0 Å². The monoisotopic (exact) mass is 630 g/mol. The van der Waals surface area contributed by atoms with Gasteiger partial charge in [-0.2, -0.15) is 0 Å². The van der Waals surface area contributed by atoms with Crippen molar-refractivity contribution in [3.8, 4) is 0 Å². The Kier molecular flexibility index (Phi) is 9.88. The number of rotatable bonds is 2. The second kappa shape index (κ2) is 9.73. The van der Waals surface area contributed by atoms with E-state index in [1.54, 1.807) is 12.1 Å². The molecule has 2 rings (SSSR count). The quantitative estimate of drug-likeness (QED) is 0.286. The van der Waals surface area contributed by atoms with E-state index in [1.807, 2.05) is 45.2 Å². The number of hydrogen-bond donors (Lipinski definition) is 0. The molecule has 0 atom stereocenters. The first kappa shape index (κ1) is 23.3. The Morgan fingerprint density at radius 3 is 1.17 bits per heavy atom. The topological polar surface area (TPSA) is 114 Å². The second-order valence-corrected chi connectivity index (χ2v) is 9.07. The van der Waals surface area contributed by atoms with Crippen LogP contribution in [0.2, 0.25) is 0 Å². The van der Waals surface area contributed by atoms with Crippen molar-refractivity contribution in [2.24, 2.45) is 0 Å². The van der Waals surface area contributed by atoms with Crippen LogP contribution in [0.3, 0.4) is 0 Å². The molecule has 23 heavy (non-hydrogen) atoms. The molecule has 2 aromatic rings. The summed E-state index contributed by atoms with van der Waals surface area (Å²) in [5.41, 5.74) is 0. The van der Waals surface area contributed by atoms with E-state index in [2.05, 4.69) is 0 Å². The molecule has 120 valence electrons. The molecule has 6 nitrogen and oxygen atoms in total. The molecular formula is C12H8I2O6S2Zn. The summed E-state index contributed by atoms with van der Waals surface area (Å²) in [6, 6.07) is 11.7. The Labute approximate surface area is 174 Å². The first-order valence-corrected chi connectivity index (χ1v) is 10.4. The zero-order valence-electron chi connectivity index (χ0n) is 11.3. The van der Waals surface area contributed by atoms with Gasteiger partial charge >= 0.3 is 19.5 Å². The maximum absolute atomic E-state index is 10.4. The molecule has 0 bridgehead atoms. The minimum absolute atomic E-state index is 0. The van der Waals surface area contributed by atoms with E-state index in [9.17, 15) is 25.9 Å². The zero-order valence-corrected chi connectivity index (χ0v) is 20.3. The van der Waals surface area contributed by atoms with E-state index < -0.39 is 20.2 Å². The summed E-state index contributed by atoms with van der Waals surface area (Å²) in [6.45, 7) is 0. The predicted molar refractivity (Wildman–Crippen MR) is 94.2 cm³/mol. The van der Waals surface area contributed by atoms with Crippen molar-refractivity contribution in [2.75, 3.05) is 0 Å². The van der Waals surface area contributed by atoms with E-state index in [0.29, 0.717) is 0 Å². The van der Waals surface area contributed by atoms with Gasteiger partial charge in [0.1, 0.15) is 20.2 Å². The summed E-state index contributed by atoms with van der Waals surface area (Å²) in [5.74, 6) is 0. The molecule has 0 spiro atoms. The van der Waals surface area contributed by atoms with E-state index in [-0.39, 0.29) is 29.3 Å².